The molecular weight excluding hydrogens is 268 g/mol. The highest BCUT2D eigenvalue weighted by molar-refractivity contribution is 5.77. The Hall–Kier alpha value is -2.19. The molecule has 0 saturated carbocycles. The summed E-state index contributed by atoms with van der Waals surface area (Å²) in [7, 11) is 1.61. The fourth-order valence-corrected chi connectivity index (χ4v) is 1.62. The number of nitrogens with one attached hydrogen (secondary N) is 2. The Morgan fingerprint density at radius 2 is 2.19 bits per heavy atom. The molecule has 0 radical (unpaired) electrons. The lowest BCUT2D eigenvalue weighted by Gasteiger charge is -2.14. The van der Waals surface area contributed by atoms with Gasteiger partial charge >= 0.3 is 0 Å². The first-order chi connectivity index (χ1) is 10.1. The molecule has 1 amide bonds. The molecule has 0 unspecified atom stereocenters. The second-order valence-corrected chi connectivity index (χ2v) is 4.78. The van der Waals surface area contributed by atoms with Gasteiger partial charge in [0, 0.05) is 18.2 Å². The van der Waals surface area contributed by atoms with Crippen LogP contribution in [0, 0.1) is 12.3 Å². The van der Waals surface area contributed by atoms with Crippen molar-refractivity contribution >= 4 is 5.91 Å². The minimum absolute atomic E-state index is 0.0668. The highest BCUT2D eigenvalue weighted by Crippen LogP contribution is 2.24. The summed E-state index contributed by atoms with van der Waals surface area (Å²) in [6.45, 7) is 4.90. The van der Waals surface area contributed by atoms with Crippen LogP contribution in [0.5, 0.6) is 11.5 Å². The molecule has 0 aliphatic carbocycles. The molecule has 5 heteroatoms. The molecule has 0 aromatic heterocycles. The van der Waals surface area contributed by atoms with E-state index >= 15 is 0 Å². The molecule has 0 heterocycles. The average molecular weight is 290 g/mol. The van der Waals surface area contributed by atoms with E-state index in [1.807, 2.05) is 6.07 Å². The Bertz CT molecular complexity index is 507. The third kappa shape index (κ3) is 6.19. The first-order valence-electron chi connectivity index (χ1n) is 6.80. The quantitative estimate of drug-likeness (QED) is 0.709. The molecule has 0 bridgehead atoms. The molecule has 0 saturated heterocycles. The zero-order valence-corrected chi connectivity index (χ0v) is 12.7. The first kappa shape index (κ1) is 16.9. The molecule has 0 fully saturated rings. The Kier molecular flexibility index (Phi) is 7.13. The summed E-state index contributed by atoms with van der Waals surface area (Å²) in [5.74, 6) is 3.50. The Balaban J connectivity index is 2.70. The largest absolute Gasteiger partial charge is 0.497 e. The highest BCUT2D eigenvalue weighted by Gasteiger charge is 2.09. The highest BCUT2D eigenvalue weighted by atomic mass is 16.5. The van der Waals surface area contributed by atoms with Crippen LogP contribution >= 0.6 is 0 Å². The lowest BCUT2D eigenvalue weighted by atomic mass is 10.1. The summed E-state index contributed by atoms with van der Waals surface area (Å²) in [4.78, 5) is 11.5. The summed E-state index contributed by atoms with van der Waals surface area (Å²) >= 11 is 0. The van der Waals surface area contributed by atoms with Gasteiger partial charge in [-0.2, -0.15) is 0 Å². The standard InChI is InChI=1S/C16H22N2O3/c1-5-8-17-16(19)11-21-15-7-6-14(20-4)9-13(15)10-18-12(2)3/h1,6-7,9,12,18H,8,10-11H2,2-4H3,(H,17,19). The van der Waals surface area contributed by atoms with Gasteiger partial charge in [0.1, 0.15) is 11.5 Å². The molecule has 2 N–H and O–H groups in total. The van der Waals surface area contributed by atoms with Crippen LogP contribution in [0.3, 0.4) is 0 Å². The van der Waals surface area contributed by atoms with Gasteiger partial charge in [-0.25, -0.2) is 0 Å². The number of carbonyl (C=O) groups excluding carboxylic acids is 1. The number of ether oxygens (including phenoxy) is 2. The van der Waals surface area contributed by atoms with E-state index in [0.29, 0.717) is 18.3 Å². The number of hydrogen-bond acceptors (Lipinski definition) is 4. The predicted molar refractivity (Wildman–Crippen MR) is 82.3 cm³/mol. The first-order valence-corrected chi connectivity index (χ1v) is 6.80. The molecular formula is C16H22N2O3. The topological polar surface area (TPSA) is 59.6 Å². The monoisotopic (exact) mass is 290 g/mol. The summed E-state index contributed by atoms with van der Waals surface area (Å²) in [6.07, 6.45) is 5.08. The molecule has 5 nitrogen and oxygen atoms in total. The van der Waals surface area contributed by atoms with E-state index in [9.17, 15) is 4.79 Å². The van der Waals surface area contributed by atoms with Gasteiger partial charge in [-0.05, 0) is 18.2 Å². The molecule has 0 spiro atoms. The van der Waals surface area contributed by atoms with E-state index in [1.165, 1.54) is 0 Å². The summed E-state index contributed by atoms with van der Waals surface area (Å²) in [6, 6.07) is 5.84. The zero-order chi connectivity index (χ0) is 15.7. The van der Waals surface area contributed by atoms with Gasteiger partial charge < -0.3 is 20.1 Å². The average Bonchev–Trinajstić information content (AvgIpc) is 2.48. The lowest BCUT2D eigenvalue weighted by molar-refractivity contribution is -0.122. The number of benzene rings is 1. The second kappa shape index (κ2) is 8.88. The fourth-order valence-electron chi connectivity index (χ4n) is 1.62. The number of terminal acetylenes is 1. The SMILES string of the molecule is C#CCNC(=O)COc1ccc(OC)cc1CNC(C)C. The summed E-state index contributed by atoms with van der Waals surface area (Å²) in [5, 5.41) is 5.87. The van der Waals surface area contributed by atoms with Crippen LogP contribution in [0.2, 0.25) is 0 Å². The molecule has 1 rings (SSSR count). The van der Waals surface area contributed by atoms with E-state index in [1.54, 1.807) is 19.2 Å². The molecule has 1 aromatic carbocycles. The maximum atomic E-state index is 11.5. The molecule has 114 valence electrons. The van der Waals surface area contributed by atoms with E-state index in [4.69, 9.17) is 15.9 Å². The second-order valence-electron chi connectivity index (χ2n) is 4.78. The maximum absolute atomic E-state index is 11.5. The van der Waals surface area contributed by atoms with Crippen molar-refractivity contribution in [3.8, 4) is 23.8 Å². The molecule has 21 heavy (non-hydrogen) atoms. The van der Waals surface area contributed by atoms with Crippen molar-refractivity contribution in [2.75, 3.05) is 20.3 Å². The van der Waals surface area contributed by atoms with Gasteiger partial charge in [0.05, 0.1) is 13.7 Å². The van der Waals surface area contributed by atoms with E-state index in [-0.39, 0.29) is 19.1 Å². The van der Waals surface area contributed by atoms with Crippen LogP contribution in [-0.4, -0.2) is 32.2 Å². The van der Waals surface area contributed by atoms with Crippen LogP contribution in [0.1, 0.15) is 19.4 Å². The summed E-state index contributed by atoms with van der Waals surface area (Å²) < 4.78 is 10.8. The maximum Gasteiger partial charge on any atom is 0.258 e. The van der Waals surface area contributed by atoms with E-state index in [0.717, 1.165) is 11.3 Å². The minimum Gasteiger partial charge on any atom is -0.497 e. The molecule has 0 atom stereocenters. The molecule has 0 aliphatic rings. The van der Waals surface area contributed by atoms with Crippen molar-refractivity contribution in [3.05, 3.63) is 23.8 Å². The van der Waals surface area contributed by atoms with Crippen LogP contribution in [-0.2, 0) is 11.3 Å². The molecule has 1 aromatic rings. The van der Waals surface area contributed by atoms with Gasteiger partial charge in [0.15, 0.2) is 6.61 Å². The van der Waals surface area contributed by atoms with Gasteiger partial charge in [-0.3, -0.25) is 4.79 Å². The third-order valence-electron chi connectivity index (χ3n) is 2.71. The van der Waals surface area contributed by atoms with E-state index in [2.05, 4.69) is 30.4 Å². The number of hydrogen-bond donors (Lipinski definition) is 2. The van der Waals surface area contributed by atoms with Gasteiger partial charge in [-0.15, -0.1) is 6.42 Å². The third-order valence-corrected chi connectivity index (χ3v) is 2.71. The Morgan fingerprint density at radius 3 is 2.81 bits per heavy atom. The van der Waals surface area contributed by atoms with Gasteiger partial charge in [0.2, 0.25) is 0 Å². The number of methoxy groups -OCH3 is 1. The zero-order valence-electron chi connectivity index (χ0n) is 12.7. The lowest BCUT2D eigenvalue weighted by Crippen LogP contribution is -2.29. The van der Waals surface area contributed by atoms with Crippen LogP contribution in [0.4, 0.5) is 0 Å². The van der Waals surface area contributed by atoms with Gasteiger partial charge in [-0.1, -0.05) is 19.8 Å². The van der Waals surface area contributed by atoms with Crippen LogP contribution in [0.15, 0.2) is 18.2 Å². The van der Waals surface area contributed by atoms with Gasteiger partial charge in [0.25, 0.3) is 5.91 Å². The number of rotatable bonds is 8. The predicted octanol–water partition coefficient (Wildman–Crippen LogP) is 1.32. The number of carbonyl (C=O) groups is 1. The summed E-state index contributed by atoms with van der Waals surface area (Å²) in [5.41, 5.74) is 0.938. The number of amides is 1. The van der Waals surface area contributed by atoms with Crippen LogP contribution < -0.4 is 20.1 Å². The van der Waals surface area contributed by atoms with Crippen LogP contribution in [0.25, 0.3) is 0 Å². The van der Waals surface area contributed by atoms with Crippen molar-refractivity contribution in [2.45, 2.75) is 26.4 Å². The van der Waals surface area contributed by atoms with Crippen molar-refractivity contribution in [1.29, 1.82) is 0 Å². The minimum atomic E-state index is -0.244. The van der Waals surface area contributed by atoms with Crippen molar-refractivity contribution in [1.82, 2.24) is 10.6 Å². The Labute approximate surface area is 126 Å². The van der Waals surface area contributed by atoms with E-state index < -0.39 is 0 Å². The van der Waals surface area contributed by atoms with Crippen molar-refractivity contribution in [2.24, 2.45) is 0 Å². The Morgan fingerprint density at radius 1 is 1.43 bits per heavy atom. The molecule has 0 aliphatic heterocycles. The van der Waals surface area contributed by atoms with Crippen molar-refractivity contribution in [3.63, 3.8) is 0 Å². The normalized spacial score (nSPS) is 10.0. The van der Waals surface area contributed by atoms with Crippen molar-refractivity contribution < 1.29 is 14.3 Å². The fraction of sp³-hybridized carbons (Fsp3) is 0.438. The smallest absolute Gasteiger partial charge is 0.258 e.